The monoisotopic (exact) mass is 297 g/mol. The lowest BCUT2D eigenvalue weighted by Crippen LogP contribution is -2.13. The highest BCUT2D eigenvalue weighted by Gasteiger charge is 2.17. The van der Waals surface area contributed by atoms with E-state index in [0.29, 0.717) is 31.7 Å². The number of imidazole rings is 1. The molecular weight excluding hydrogens is 278 g/mol. The molecule has 1 amide bonds. The number of nitrogens with two attached hydrogens (primary N) is 1. The predicted octanol–water partition coefficient (Wildman–Crippen LogP) is 1.38. The third-order valence-corrected chi connectivity index (χ3v) is 3.52. The third kappa shape index (κ3) is 2.80. The Balaban J connectivity index is 2.39. The standard InChI is InChI=1S/C13H20ClN5O/c1-3-9-12-13(18(2)17-9)19(8-4-5-10(15)20)11(16-12)6-7-14/h3-8H2,1-2H3,(H2,15,20). The average Bonchev–Trinajstić information content (AvgIpc) is 2.89. The van der Waals surface area contributed by atoms with Crippen LogP contribution in [0.4, 0.5) is 0 Å². The molecule has 0 radical (unpaired) electrons. The van der Waals surface area contributed by atoms with Crippen LogP contribution in [-0.4, -0.2) is 31.1 Å². The first-order chi connectivity index (χ1) is 9.58. The van der Waals surface area contributed by atoms with Gasteiger partial charge in [0.1, 0.15) is 11.3 Å². The third-order valence-electron chi connectivity index (χ3n) is 3.33. The van der Waals surface area contributed by atoms with Crippen molar-refractivity contribution >= 4 is 28.7 Å². The summed E-state index contributed by atoms with van der Waals surface area (Å²) in [4.78, 5) is 15.5. The second kappa shape index (κ2) is 6.26. The molecule has 0 unspecified atom stereocenters. The summed E-state index contributed by atoms with van der Waals surface area (Å²) < 4.78 is 3.95. The summed E-state index contributed by atoms with van der Waals surface area (Å²) in [5.74, 6) is 1.19. The van der Waals surface area contributed by atoms with Gasteiger partial charge in [0.05, 0.1) is 5.69 Å². The first-order valence-corrected chi connectivity index (χ1v) is 7.37. The van der Waals surface area contributed by atoms with Crippen molar-refractivity contribution in [1.82, 2.24) is 19.3 Å². The van der Waals surface area contributed by atoms with E-state index in [0.717, 1.165) is 29.1 Å². The smallest absolute Gasteiger partial charge is 0.217 e. The summed E-state index contributed by atoms with van der Waals surface area (Å²) in [6.45, 7) is 2.77. The molecular formula is C13H20ClN5O. The highest BCUT2D eigenvalue weighted by atomic mass is 35.5. The first kappa shape index (κ1) is 14.8. The fourth-order valence-corrected chi connectivity index (χ4v) is 2.62. The van der Waals surface area contributed by atoms with Crippen LogP contribution in [-0.2, 0) is 31.2 Å². The topological polar surface area (TPSA) is 78.7 Å². The van der Waals surface area contributed by atoms with Crippen molar-refractivity contribution < 1.29 is 4.79 Å². The lowest BCUT2D eigenvalue weighted by atomic mass is 10.3. The van der Waals surface area contributed by atoms with Gasteiger partial charge in [0.15, 0.2) is 5.65 Å². The zero-order chi connectivity index (χ0) is 14.7. The number of amides is 1. The Hall–Kier alpha value is -1.56. The average molecular weight is 298 g/mol. The zero-order valence-electron chi connectivity index (χ0n) is 11.9. The largest absolute Gasteiger partial charge is 0.370 e. The molecule has 0 fully saturated rings. The van der Waals surface area contributed by atoms with Crippen LogP contribution in [0, 0.1) is 0 Å². The van der Waals surface area contributed by atoms with Gasteiger partial charge in [0.2, 0.25) is 5.91 Å². The molecule has 2 heterocycles. The number of rotatable bonds is 7. The Morgan fingerprint density at radius 2 is 2.20 bits per heavy atom. The van der Waals surface area contributed by atoms with Crippen molar-refractivity contribution in [2.24, 2.45) is 12.8 Å². The maximum Gasteiger partial charge on any atom is 0.217 e. The molecule has 7 heteroatoms. The minimum atomic E-state index is -0.278. The second-order valence-corrected chi connectivity index (χ2v) is 5.16. The number of aryl methyl sites for hydroxylation is 4. The van der Waals surface area contributed by atoms with E-state index in [1.54, 1.807) is 0 Å². The van der Waals surface area contributed by atoms with Gasteiger partial charge in [-0.1, -0.05) is 6.92 Å². The van der Waals surface area contributed by atoms with E-state index in [-0.39, 0.29) is 5.91 Å². The molecule has 0 aliphatic heterocycles. The molecule has 0 saturated carbocycles. The van der Waals surface area contributed by atoms with E-state index in [1.807, 2.05) is 11.7 Å². The quantitative estimate of drug-likeness (QED) is 0.784. The Labute approximate surface area is 122 Å². The number of alkyl halides is 1. The van der Waals surface area contributed by atoms with Gasteiger partial charge >= 0.3 is 0 Å². The number of nitrogens with zero attached hydrogens (tertiary/aromatic N) is 4. The molecule has 2 aromatic heterocycles. The van der Waals surface area contributed by atoms with Gasteiger partial charge < -0.3 is 10.3 Å². The Bertz CT molecular complexity index is 616. The molecule has 0 aliphatic carbocycles. The minimum Gasteiger partial charge on any atom is -0.370 e. The van der Waals surface area contributed by atoms with Gasteiger partial charge in [-0.15, -0.1) is 11.6 Å². The van der Waals surface area contributed by atoms with E-state index >= 15 is 0 Å². The number of hydrogen-bond acceptors (Lipinski definition) is 3. The number of fused-ring (bicyclic) bond motifs is 1. The van der Waals surface area contributed by atoms with Crippen molar-refractivity contribution in [2.45, 2.75) is 39.2 Å². The molecule has 2 rings (SSSR count). The van der Waals surface area contributed by atoms with E-state index < -0.39 is 0 Å². The lowest BCUT2D eigenvalue weighted by molar-refractivity contribution is -0.118. The summed E-state index contributed by atoms with van der Waals surface area (Å²) >= 11 is 5.85. The molecule has 20 heavy (non-hydrogen) atoms. The van der Waals surface area contributed by atoms with E-state index in [4.69, 9.17) is 17.3 Å². The van der Waals surface area contributed by atoms with Crippen LogP contribution >= 0.6 is 11.6 Å². The van der Waals surface area contributed by atoms with Crippen LogP contribution in [0.5, 0.6) is 0 Å². The van der Waals surface area contributed by atoms with Crippen molar-refractivity contribution in [3.8, 4) is 0 Å². The molecule has 0 saturated heterocycles. The number of hydrogen-bond donors (Lipinski definition) is 1. The van der Waals surface area contributed by atoms with Crippen molar-refractivity contribution in [3.63, 3.8) is 0 Å². The van der Waals surface area contributed by atoms with E-state index in [2.05, 4.69) is 21.6 Å². The van der Waals surface area contributed by atoms with Gasteiger partial charge in [-0.05, 0) is 12.8 Å². The van der Waals surface area contributed by atoms with Gasteiger partial charge in [-0.25, -0.2) is 4.98 Å². The molecule has 0 atom stereocenters. The number of carbonyl (C=O) groups excluding carboxylic acids is 1. The van der Waals surface area contributed by atoms with Gasteiger partial charge in [0, 0.05) is 32.3 Å². The highest BCUT2D eigenvalue weighted by Crippen LogP contribution is 2.21. The van der Waals surface area contributed by atoms with Crippen LogP contribution in [0.25, 0.3) is 11.2 Å². The van der Waals surface area contributed by atoms with Gasteiger partial charge in [0.25, 0.3) is 0 Å². The molecule has 0 bridgehead atoms. The number of carbonyl (C=O) groups is 1. The summed E-state index contributed by atoms with van der Waals surface area (Å²) in [6.07, 6.45) is 2.62. The van der Waals surface area contributed by atoms with Crippen molar-refractivity contribution in [2.75, 3.05) is 5.88 Å². The number of halogens is 1. The van der Waals surface area contributed by atoms with Crippen LogP contribution in [0.15, 0.2) is 0 Å². The van der Waals surface area contributed by atoms with E-state index in [1.165, 1.54) is 0 Å². The van der Waals surface area contributed by atoms with Crippen molar-refractivity contribution in [3.05, 3.63) is 11.5 Å². The molecule has 0 aliphatic rings. The predicted molar refractivity (Wildman–Crippen MR) is 78.7 cm³/mol. The molecule has 110 valence electrons. The maximum absolute atomic E-state index is 10.9. The van der Waals surface area contributed by atoms with Crippen molar-refractivity contribution in [1.29, 1.82) is 0 Å². The first-order valence-electron chi connectivity index (χ1n) is 6.83. The molecule has 0 aromatic carbocycles. The van der Waals surface area contributed by atoms with Gasteiger partial charge in [-0.3, -0.25) is 9.48 Å². The lowest BCUT2D eigenvalue weighted by Gasteiger charge is -2.08. The minimum absolute atomic E-state index is 0.278. The summed E-state index contributed by atoms with van der Waals surface area (Å²) in [5, 5.41) is 4.48. The fraction of sp³-hybridized carbons (Fsp3) is 0.615. The van der Waals surface area contributed by atoms with Crippen LogP contribution in [0.3, 0.4) is 0 Å². The zero-order valence-corrected chi connectivity index (χ0v) is 12.7. The van der Waals surface area contributed by atoms with Crippen LogP contribution in [0.1, 0.15) is 31.3 Å². The molecule has 2 N–H and O–H groups in total. The molecule has 0 spiro atoms. The normalized spacial score (nSPS) is 11.3. The molecule has 2 aromatic rings. The Morgan fingerprint density at radius 1 is 1.45 bits per heavy atom. The summed E-state index contributed by atoms with van der Waals surface area (Å²) in [5.41, 5.74) is 8.12. The van der Waals surface area contributed by atoms with Crippen LogP contribution < -0.4 is 5.73 Å². The Morgan fingerprint density at radius 3 is 2.80 bits per heavy atom. The number of aromatic nitrogens is 4. The van der Waals surface area contributed by atoms with E-state index in [9.17, 15) is 4.79 Å². The Kier molecular flexibility index (Phi) is 4.65. The SMILES string of the molecule is CCc1nn(C)c2c1nc(CCCl)n2CCCC(N)=O. The summed E-state index contributed by atoms with van der Waals surface area (Å²) in [7, 11) is 1.91. The maximum atomic E-state index is 10.9. The van der Waals surface area contributed by atoms with Crippen LogP contribution in [0.2, 0.25) is 0 Å². The summed E-state index contributed by atoms with van der Waals surface area (Å²) in [6, 6.07) is 0. The fourth-order valence-electron chi connectivity index (χ4n) is 2.45. The second-order valence-electron chi connectivity index (χ2n) is 4.78. The highest BCUT2D eigenvalue weighted by molar-refractivity contribution is 6.17. The molecule has 6 nitrogen and oxygen atoms in total. The number of primary amides is 1. The van der Waals surface area contributed by atoms with Gasteiger partial charge in [-0.2, -0.15) is 5.10 Å².